The van der Waals surface area contributed by atoms with Gasteiger partial charge < -0.3 is 10.2 Å². The fourth-order valence-electron chi connectivity index (χ4n) is 3.39. The highest BCUT2D eigenvalue weighted by atomic mass is 19.4. The minimum Gasteiger partial charge on any atom is -0.353 e. The van der Waals surface area contributed by atoms with Crippen LogP contribution in [0.1, 0.15) is 23.2 Å². The Morgan fingerprint density at radius 3 is 2.77 bits per heavy atom. The number of amides is 2. The van der Waals surface area contributed by atoms with Crippen molar-refractivity contribution in [2.45, 2.75) is 31.7 Å². The van der Waals surface area contributed by atoms with Crippen molar-refractivity contribution in [2.75, 3.05) is 20.1 Å². The molecule has 0 aliphatic carbocycles. The second kappa shape index (κ2) is 9.21. The first kappa shape index (κ1) is 21.7. The van der Waals surface area contributed by atoms with Crippen molar-refractivity contribution in [3.63, 3.8) is 0 Å². The fourth-order valence-corrected chi connectivity index (χ4v) is 3.39. The van der Waals surface area contributed by atoms with Crippen LogP contribution in [0.3, 0.4) is 0 Å². The number of aromatic nitrogens is 2. The maximum absolute atomic E-state index is 13.3. The summed E-state index contributed by atoms with van der Waals surface area (Å²) in [6.07, 6.45) is -1.68. The maximum Gasteiger partial charge on any atom is 0.416 e. The van der Waals surface area contributed by atoms with Gasteiger partial charge in [0.15, 0.2) is 0 Å². The molecule has 0 spiro atoms. The summed E-state index contributed by atoms with van der Waals surface area (Å²) in [4.78, 5) is 36.1. The number of benzene rings is 1. The molecule has 10 heteroatoms. The molecule has 2 heterocycles. The molecule has 160 valence electrons. The lowest BCUT2D eigenvalue weighted by Gasteiger charge is -2.35. The summed E-state index contributed by atoms with van der Waals surface area (Å²) in [6.45, 7) is 0.837. The second-order valence-corrected chi connectivity index (χ2v) is 7.09. The van der Waals surface area contributed by atoms with Crippen LogP contribution < -0.4 is 5.32 Å². The van der Waals surface area contributed by atoms with Crippen molar-refractivity contribution in [3.05, 3.63) is 59.7 Å². The van der Waals surface area contributed by atoms with Crippen LogP contribution in [0.2, 0.25) is 0 Å². The number of alkyl halides is 3. The monoisotopic (exact) mass is 421 g/mol. The van der Waals surface area contributed by atoms with Gasteiger partial charge in [-0.3, -0.25) is 14.5 Å². The predicted octanol–water partition coefficient (Wildman–Crippen LogP) is 1.84. The minimum absolute atomic E-state index is 0.0727. The smallest absolute Gasteiger partial charge is 0.353 e. The molecule has 1 saturated heterocycles. The van der Waals surface area contributed by atoms with Crippen molar-refractivity contribution in [2.24, 2.45) is 0 Å². The molecule has 0 bridgehead atoms. The first-order valence-corrected chi connectivity index (χ1v) is 9.41. The Bertz CT molecular complexity index is 892. The van der Waals surface area contributed by atoms with Gasteiger partial charge in [0.05, 0.1) is 30.3 Å². The van der Waals surface area contributed by atoms with Gasteiger partial charge in [0.2, 0.25) is 11.8 Å². The molecule has 0 radical (unpaired) electrons. The molecule has 0 saturated carbocycles. The lowest BCUT2D eigenvalue weighted by molar-refractivity contribution is -0.140. The van der Waals surface area contributed by atoms with Gasteiger partial charge in [0.25, 0.3) is 0 Å². The van der Waals surface area contributed by atoms with E-state index < -0.39 is 17.8 Å². The Balaban J connectivity index is 1.72. The zero-order valence-electron chi connectivity index (χ0n) is 16.4. The Labute approximate surface area is 171 Å². The molecule has 7 nitrogen and oxygen atoms in total. The van der Waals surface area contributed by atoms with E-state index in [9.17, 15) is 22.8 Å². The number of halogens is 3. The summed E-state index contributed by atoms with van der Waals surface area (Å²) in [5, 5.41) is 2.69. The van der Waals surface area contributed by atoms with E-state index in [4.69, 9.17) is 0 Å². The summed E-state index contributed by atoms with van der Waals surface area (Å²) < 4.78 is 40.0. The average molecular weight is 421 g/mol. The van der Waals surface area contributed by atoms with Gasteiger partial charge >= 0.3 is 6.18 Å². The van der Waals surface area contributed by atoms with E-state index in [0.29, 0.717) is 18.8 Å². The fraction of sp³-hybridized carbons (Fsp3) is 0.400. The molecule has 30 heavy (non-hydrogen) atoms. The number of nitrogens with one attached hydrogen (secondary N) is 1. The lowest BCUT2D eigenvalue weighted by atomic mass is 10.0. The standard InChI is InChI=1S/C20H22F3N5O2/c1-27(12-15-6-7-24-13-26-15)18(29)10-17-19(30)25-8-9-28(17)11-14-4-2-3-5-16(14)20(21,22)23/h2-7,13,17H,8-12H2,1H3,(H,25,30). The highest BCUT2D eigenvalue weighted by Gasteiger charge is 2.36. The summed E-state index contributed by atoms with van der Waals surface area (Å²) in [7, 11) is 1.59. The van der Waals surface area contributed by atoms with Gasteiger partial charge in [0, 0.05) is 32.9 Å². The normalized spacial score (nSPS) is 17.5. The molecule has 1 unspecified atom stereocenters. The third kappa shape index (κ3) is 5.32. The maximum atomic E-state index is 13.3. The molecular weight excluding hydrogens is 399 g/mol. The van der Waals surface area contributed by atoms with Crippen LogP contribution in [0.25, 0.3) is 0 Å². The molecule has 1 aromatic heterocycles. The molecule has 2 amide bonds. The second-order valence-electron chi connectivity index (χ2n) is 7.09. The number of hydrogen-bond acceptors (Lipinski definition) is 5. The number of hydrogen-bond donors (Lipinski definition) is 1. The molecule has 3 rings (SSSR count). The van der Waals surface area contributed by atoms with E-state index in [1.54, 1.807) is 24.2 Å². The molecule has 1 aromatic carbocycles. The number of carbonyl (C=O) groups excluding carboxylic acids is 2. The molecule has 1 atom stereocenters. The molecule has 1 aliphatic rings. The quantitative estimate of drug-likeness (QED) is 0.770. The van der Waals surface area contributed by atoms with Gasteiger partial charge in [-0.15, -0.1) is 0 Å². The van der Waals surface area contributed by atoms with Crippen molar-refractivity contribution in [3.8, 4) is 0 Å². The highest BCUT2D eigenvalue weighted by molar-refractivity contribution is 5.88. The SMILES string of the molecule is CN(Cc1ccncn1)C(=O)CC1C(=O)NCCN1Cc1ccccc1C(F)(F)F. The molecule has 2 aromatic rings. The minimum atomic E-state index is -4.49. The van der Waals surface area contributed by atoms with Crippen molar-refractivity contribution >= 4 is 11.8 Å². The number of piperazine rings is 1. The van der Waals surface area contributed by atoms with Crippen LogP contribution in [0.4, 0.5) is 13.2 Å². The first-order valence-electron chi connectivity index (χ1n) is 9.41. The largest absolute Gasteiger partial charge is 0.416 e. The third-order valence-electron chi connectivity index (χ3n) is 4.97. The topological polar surface area (TPSA) is 78.4 Å². The van der Waals surface area contributed by atoms with E-state index >= 15 is 0 Å². The lowest BCUT2D eigenvalue weighted by Crippen LogP contribution is -2.56. The van der Waals surface area contributed by atoms with Gasteiger partial charge in [-0.2, -0.15) is 13.2 Å². The average Bonchev–Trinajstić information content (AvgIpc) is 2.71. The van der Waals surface area contributed by atoms with E-state index in [1.165, 1.54) is 29.4 Å². The van der Waals surface area contributed by atoms with Crippen LogP contribution in [0, 0.1) is 0 Å². The Kier molecular flexibility index (Phi) is 6.66. The van der Waals surface area contributed by atoms with Gasteiger partial charge in [-0.05, 0) is 17.7 Å². The highest BCUT2D eigenvalue weighted by Crippen LogP contribution is 2.32. The van der Waals surface area contributed by atoms with E-state index in [0.717, 1.165) is 6.07 Å². The molecule has 1 aliphatic heterocycles. The Morgan fingerprint density at radius 1 is 1.30 bits per heavy atom. The zero-order valence-corrected chi connectivity index (χ0v) is 16.4. The Morgan fingerprint density at radius 2 is 2.07 bits per heavy atom. The van der Waals surface area contributed by atoms with Crippen molar-refractivity contribution in [1.29, 1.82) is 0 Å². The van der Waals surface area contributed by atoms with Crippen LogP contribution in [0.15, 0.2) is 42.9 Å². The summed E-state index contributed by atoms with van der Waals surface area (Å²) >= 11 is 0. The van der Waals surface area contributed by atoms with Crippen LogP contribution in [-0.2, 0) is 28.9 Å². The van der Waals surface area contributed by atoms with E-state index in [2.05, 4.69) is 15.3 Å². The third-order valence-corrected chi connectivity index (χ3v) is 4.97. The summed E-state index contributed by atoms with van der Waals surface area (Å²) in [5.74, 6) is -0.667. The van der Waals surface area contributed by atoms with E-state index in [1.807, 2.05) is 0 Å². The molecule has 1 N–H and O–H groups in total. The number of nitrogens with zero attached hydrogens (tertiary/aromatic N) is 4. The van der Waals surface area contributed by atoms with E-state index in [-0.39, 0.29) is 36.9 Å². The number of rotatable bonds is 6. The van der Waals surface area contributed by atoms with Crippen molar-refractivity contribution in [1.82, 2.24) is 25.1 Å². The predicted molar refractivity (Wildman–Crippen MR) is 102 cm³/mol. The number of carbonyl (C=O) groups is 2. The van der Waals surface area contributed by atoms with Gasteiger partial charge in [-0.1, -0.05) is 18.2 Å². The zero-order chi connectivity index (χ0) is 21.7. The van der Waals surface area contributed by atoms with Gasteiger partial charge in [-0.25, -0.2) is 9.97 Å². The van der Waals surface area contributed by atoms with Crippen LogP contribution in [-0.4, -0.2) is 57.8 Å². The molecule has 1 fully saturated rings. The van der Waals surface area contributed by atoms with Crippen molar-refractivity contribution < 1.29 is 22.8 Å². The molecular formula is C20H22F3N5O2. The van der Waals surface area contributed by atoms with Crippen LogP contribution in [0.5, 0.6) is 0 Å². The Hall–Kier alpha value is -3.01. The first-order chi connectivity index (χ1) is 14.3. The van der Waals surface area contributed by atoms with Crippen LogP contribution >= 0.6 is 0 Å². The summed E-state index contributed by atoms with van der Waals surface area (Å²) in [6, 6.07) is 6.12. The summed E-state index contributed by atoms with van der Waals surface area (Å²) in [5.41, 5.74) is -0.0154. The van der Waals surface area contributed by atoms with Gasteiger partial charge in [0.1, 0.15) is 6.33 Å².